The lowest BCUT2D eigenvalue weighted by atomic mass is 9.90. The molecule has 0 bridgehead atoms. The first-order valence-corrected chi connectivity index (χ1v) is 5.49. The molecule has 0 aliphatic rings. The van der Waals surface area contributed by atoms with Crippen molar-refractivity contribution in [3.05, 3.63) is 23.3 Å². The van der Waals surface area contributed by atoms with Gasteiger partial charge in [0, 0.05) is 5.56 Å². The molecule has 1 unspecified atom stereocenters. The standard InChI is InChI=1S/C13H18O5/c1-8-5-6-9(12(18-4)11(8)17-3)13(2,16)7-10(14)15/h5-6,16H,7H2,1-4H3,(H,14,15). The second-order valence-electron chi connectivity index (χ2n) is 4.34. The number of aliphatic carboxylic acids is 1. The van der Waals surface area contributed by atoms with Crippen molar-refractivity contribution in [2.24, 2.45) is 0 Å². The van der Waals surface area contributed by atoms with E-state index in [1.165, 1.54) is 21.1 Å². The molecule has 0 fully saturated rings. The maximum Gasteiger partial charge on any atom is 0.306 e. The molecule has 0 radical (unpaired) electrons. The van der Waals surface area contributed by atoms with Gasteiger partial charge in [0.15, 0.2) is 11.5 Å². The third-order valence-corrected chi connectivity index (χ3v) is 2.79. The summed E-state index contributed by atoms with van der Waals surface area (Å²) in [5.41, 5.74) is -0.267. The van der Waals surface area contributed by atoms with E-state index in [0.29, 0.717) is 17.1 Å². The first-order chi connectivity index (χ1) is 8.33. The first kappa shape index (κ1) is 14.3. The minimum Gasteiger partial charge on any atom is -0.493 e. The Morgan fingerprint density at radius 2 is 1.83 bits per heavy atom. The van der Waals surface area contributed by atoms with Crippen molar-refractivity contribution >= 4 is 5.97 Å². The van der Waals surface area contributed by atoms with Gasteiger partial charge >= 0.3 is 5.97 Å². The number of carbonyl (C=O) groups is 1. The quantitative estimate of drug-likeness (QED) is 0.836. The number of carboxylic acids is 1. The second-order valence-corrected chi connectivity index (χ2v) is 4.34. The molecular formula is C13H18O5. The zero-order chi connectivity index (χ0) is 13.9. The van der Waals surface area contributed by atoms with Gasteiger partial charge in [-0.15, -0.1) is 0 Å². The van der Waals surface area contributed by atoms with Gasteiger partial charge in [0.25, 0.3) is 0 Å². The summed E-state index contributed by atoms with van der Waals surface area (Å²) >= 11 is 0. The molecule has 18 heavy (non-hydrogen) atoms. The van der Waals surface area contributed by atoms with E-state index in [1.54, 1.807) is 12.1 Å². The van der Waals surface area contributed by atoms with Crippen LogP contribution >= 0.6 is 0 Å². The summed E-state index contributed by atoms with van der Waals surface area (Å²) in [6.45, 7) is 3.28. The number of benzene rings is 1. The molecule has 1 aromatic rings. The Bertz CT molecular complexity index is 451. The smallest absolute Gasteiger partial charge is 0.306 e. The topological polar surface area (TPSA) is 76.0 Å². The summed E-state index contributed by atoms with van der Waals surface area (Å²) in [5.74, 6) is -0.217. The van der Waals surface area contributed by atoms with Crippen LogP contribution in [0, 0.1) is 6.92 Å². The summed E-state index contributed by atoms with van der Waals surface area (Å²) in [6, 6.07) is 3.41. The molecule has 100 valence electrons. The normalized spacial score (nSPS) is 13.8. The van der Waals surface area contributed by atoms with Crippen molar-refractivity contribution < 1.29 is 24.5 Å². The van der Waals surface area contributed by atoms with Crippen molar-refractivity contribution in [3.63, 3.8) is 0 Å². The number of aryl methyl sites for hydroxylation is 1. The average molecular weight is 254 g/mol. The second kappa shape index (κ2) is 5.27. The molecule has 2 N–H and O–H groups in total. The number of carboxylic acid groups (broad SMARTS) is 1. The Hall–Kier alpha value is -1.75. The summed E-state index contributed by atoms with van der Waals surface area (Å²) < 4.78 is 10.5. The van der Waals surface area contributed by atoms with E-state index < -0.39 is 18.0 Å². The minimum absolute atomic E-state index is 0.365. The molecule has 0 heterocycles. The van der Waals surface area contributed by atoms with E-state index in [9.17, 15) is 9.90 Å². The van der Waals surface area contributed by atoms with E-state index in [-0.39, 0.29) is 0 Å². The van der Waals surface area contributed by atoms with Crippen LogP contribution in [0.25, 0.3) is 0 Å². The fourth-order valence-electron chi connectivity index (χ4n) is 1.93. The molecule has 0 spiro atoms. The van der Waals surface area contributed by atoms with Crippen molar-refractivity contribution in [3.8, 4) is 11.5 Å². The Balaban J connectivity index is 3.36. The van der Waals surface area contributed by atoms with Gasteiger partial charge in [0.05, 0.1) is 20.6 Å². The van der Waals surface area contributed by atoms with Gasteiger partial charge in [0.1, 0.15) is 5.60 Å². The number of hydrogen-bond donors (Lipinski definition) is 2. The summed E-state index contributed by atoms with van der Waals surface area (Å²) in [4.78, 5) is 10.8. The number of rotatable bonds is 5. The zero-order valence-corrected chi connectivity index (χ0v) is 11.0. The van der Waals surface area contributed by atoms with E-state index in [2.05, 4.69) is 0 Å². The highest BCUT2D eigenvalue weighted by Crippen LogP contribution is 2.40. The Morgan fingerprint density at radius 1 is 1.28 bits per heavy atom. The van der Waals surface area contributed by atoms with Crippen LogP contribution in [0.5, 0.6) is 11.5 Å². The highest BCUT2D eigenvalue weighted by molar-refractivity contribution is 5.69. The van der Waals surface area contributed by atoms with Gasteiger partial charge in [-0.25, -0.2) is 0 Å². The Morgan fingerprint density at radius 3 is 2.28 bits per heavy atom. The molecule has 0 aliphatic heterocycles. The predicted octanol–water partition coefficient (Wildman–Crippen LogP) is 1.69. The van der Waals surface area contributed by atoms with Crippen molar-refractivity contribution in [1.29, 1.82) is 0 Å². The van der Waals surface area contributed by atoms with Crippen LogP contribution in [-0.4, -0.2) is 30.4 Å². The number of methoxy groups -OCH3 is 2. The maximum absolute atomic E-state index is 10.8. The van der Waals surface area contributed by atoms with Gasteiger partial charge < -0.3 is 19.7 Å². The van der Waals surface area contributed by atoms with Gasteiger partial charge in [-0.3, -0.25) is 4.79 Å². The molecule has 0 saturated carbocycles. The highest BCUT2D eigenvalue weighted by atomic mass is 16.5. The van der Waals surface area contributed by atoms with E-state index >= 15 is 0 Å². The summed E-state index contributed by atoms with van der Waals surface area (Å²) in [5, 5.41) is 19.1. The van der Waals surface area contributed by atoms with Gasteiger partial charge in [-0.2, -0.15) is 0 Å². The SMILES string of the molecule is COc1c(C)ccc(C(C)(O)CC(=O)O)c1OC. The average Bonchev–Trinajstić information content (AvgIpc) is 2.26. The highest BCUT2D eigenvalue weighted by Gasteiger charge is 2.31. The number of aliphatic hydroxyl groups is 1. The van der Waals surface area contributed by atoms with Crippen molar-refractivity contribution in [1.82, 2.24) is 0 Å². The first-order valence-electron chi connectivity index (χ1n) is 5.49. The molecule has 5 nitrogen and oxygen atoms in total. The zero-order valence-electron chi connectivity index (χ0n) is 11.0. The van der Waals surface area contributed by atoms with Crippen LogP contribution in [0.4, 0.5) is 0 Å². The molecular weight excluding hydrogens is 236 g/mol. The number of hydrogen-bond acceptors (Lipinski definition) is 4. The third kappa shape index (κ3) is 2.73. The molecule has 1 rings (SSSR count). The maximum atomic E-state index is 10.8. The van der Waals surface area contributed by atoms with Gasteiger partial charge in [-0.05, 0) is 19.4 Å². The fourth-order valence-corrected chi connectivity index (χ4v) is 1.93. The molecule has 1 atom stereocenters. The van der Waals surface area contributed by atoms with Crippen LogP contribution < -0.4 is 9.47 Å². The number of ether oxygens (including phenoxy) is 2. The molecule has 0 saturated heterocycles. The van der Waals surface area contributed by atoms with E-state index in [4.69, 9.17) is 14.6 Å². The van der Waals surface area contributed by atoms with Crippen LogP contribution in [0.3, 0.4) is 0 Å². The Kier molecular flexibility index (Phi) is 4.19. The fraction of sp³-hybridized carbons (Fsp3) is 0.462. The van der Waals surface area contributed by atoms with Gasteiger partial charge in [0.2, 0.25) is 0 Å². The molecule has 0 aromatic heterocycles. The van der Waals surface area contributed by atoms with Crippen LogP contribution in [0.2, 0.25) is 0 Å². The summed E-state index contributed by atoms with van der Waals surface area (Å²) in [7, 11) is 2.96. The molecule has 1 aromatic carbocycles. The van der Waals surface area contributed by atoms with E-state index in [1.807, 2.05) is 6.92 Å². The minimum atomic E-state index is -1.52. The van der Waals surface area contributed by atoms with Crippen LogP contribution in [-0.2, 0) is 10.4 Å². The lowest BCUT2D eigenvalue weighted by molar-refractivity contribution is -0.142. The van der Waals surface area contributed by atoms with E-state index in [0.717, 1.165) is 5.56 Å². The van der Waals surface area contributed by atoms with Crippen LogP contribution in [0.1, 0.15) is 24.5 Å². The molecule has 0 amide bonds. The van der Waals surface area contributed by atoms with Crippen LogP contribution in [0.15, 0.2) is 12.1 Å². The summed E-state index contributed by atoms with van der Waals surface area (Å²) in [6.07, 6.45) is -0.407. The Labute approximate surface area is 106 Å². The molecule has 0 aliphatic carbocycles. The lowest BCUT2D eigenvalue weighted by Gasteiger charge is -2.25. The monoisotopic (exact) mass is 254 g/mol. The largest absolute Gasteiger partial charge is 0.493 e. The molecule has 5 heteroatoms. The van der Waals surface area contributed by atoms with Crippen molar-refractivity contribution in [2.75, 3.05) is 14.2 Å². The predicted molar refractivity (Wildman–Crippen MR) is 66.1 cm³/mol. The van der Waals surface area contributed by atoms with Crippen molar-refractivity contribution in [2.45, 2.75) is 25.9 Å². The lowest BCUT2D eigenvalue weighted by Crippen LogP contribution is -2.26. The third-order valence-electron chi connectivity index (χ3n) is 2.79. The van der Waals surface area contributed by atoms with Gasteiger partial charge in [-0.1, -0.05) is 12.1 Å².